The van der Waals surface area contributed by atoms with E-state index in [0.717, 1.165) is 38.5 Å². The number of unbranched alkanes of at least 4 members (excludes halogenated alkanes) is 18. The highest BCUT2D eigenvalue weighted by molar-refractivity contribution is 5.77. The standard InChI is InChI=1S/C57H103N3O11/c1-5-7-9-11-13-15-17-19-21-23-25-27-29-31-33-35-37-57(38-36-34-32-30-28-26-24-22-20-18-16-14-12-10-8-6-2)69-48-50(71-57)45-60(4)46-52(63)58-39-40-66-41-42-67-43-44-68-56-53(59-49(3)62)55(65)54(64)51(47-61)70-56/h13-16,19-22,50-51,53-56,61,64-65H,5-12,17-18,23-48H2,1-4H3,(H,58,63)(H,59,62)/t50-,51?,53?,54-,55+,56+,57?/m0/s1. The third-order valence-corrected chi connectivity index (χ3v) is 13.1. The molecule has 5 N–H and O–H groups in total. The van der Waals surface area contributed by atoms with Crippen LogP contribution in [0.1, 0.15) is 188 Å². The summed E-state index contributed by atoms with van der Waals surface area (Å²) in [5.74, 6) is -1.04. The van der Waals surface area contributed by atoms with Gasteiger partial charge < -0.3 is 54.4 Å². The summed E-state index contributed by atoms with van der Waals surface area (Å²) in [5, 5.41) is 35.5. The summed E-state index contributed by atoms with van der Waals surface area (Å²) in [6.07, 6.45) is 44.8. The van der Waals surface area contributed by atoms with Gasteiger partial charge in [-0.3, -0.25) is 14.5 Å². The van der Waals surface area contributed by atoms with Crippen LogP contribution < -0.4 is 10.6 Å². The first kappa shape index (κ1) is 64.6. The van der Waals surface area contributed by atoms with Gasteiger partial charge in [0.25, 0.3) is 0 Å². The van der Waals surface area contributed by atoms with E-state index in [1.807, 2.05) is 11.9 Å². The molecule has 6 atom stereocenters. The molecular formula is C57H103N3O11. The monoisotopic (exact) mass is 1010 g/mol. The number of nitrogens with zero attached hydrogens (tertiary/aromatic N) is 1. The summed E-state index contributed by atoms with van der Waals surface area (Å²) in [6, 6.07) is -1.00. The molecule has 2 rings (SSSR count). The Morgan fingerprint density at radius 1 is 0.662 bits per heavy atom. The van der Waals surface area contributed by atoms with Gasteiger partial charge in [-0.25, -0.2) is 0 Å². The van der Waals surface area contributed by atoms with Crippen LogP contribution in [0.2, 0.25) is 0 Å². The molecule has 0 saturated carbocycles. The number of likely N-dealkylation sites (N-methyl/N-ethyl adjacent to an activating group) is 1. The summed E-state index contributed by atoms with van der Waals surface area (Å²) in [6.45, 7) is 8.24. The Bertz CT molecular complexity index is 1360. The van der Waals surface area contributed by atoms with Gasteiger partial charge in [0, 0.05) is 32.9 Å². The first-order valence-corrected chi connectivity index (χ1v) is 28.2. The fourth-order valence-corrected chi connectivity index (χ4v) is 8.99. The fraction of sp³-hybridized carbons (Fsp3) is 0.825. The van der Waals surface area contributed by atoms with Gasteiger partial charge in [-0.1, -0.05) is 140 Å². The molecule has 412 valence electrons. The van der Waals surface area contributed by atoms with Crippen molar-refractivity contribution in [3.8, 4) is 0 Å². The zero-order valence-corrected chi connectivity index (χ0v) is 45.1. The molecule has 0 aromatic heterocycles. The van der Waals surface area contributed by atoms with Gasteiger partial charge in [0.2, 0.25) is 11.8 Å². The molecule has 2 fully saturated rings. The van der Waals surface area contributed by atoms with Gasteiger partial charge in [-0.2, -0.15) is 0 Å². The number of allylic oxidation sites excluding steroid dienone is 8. The second-order valence-corrected chi connectivity index (χ2v) is 19.7. The smallest absolute Gasteiger partial charge is 0.234 e. The third kappa shape index (κ3) is 33.1. The van der Waals surface area contributed by atoms with Crippen LogP contribution in [0, 0.1) is 0 Å². The minimum atomic E-state index is -1.37. The zero-order valence-electron chi connectivity index (χ0n) is 45.1. The van der Waals surface area contributed by atoms with Crippen molar-refractivity contribution in [1.82, 2.24) is 15.5 Å². The number of aliphatic hydroxyl groups is 3. The summed E-state index contributed by atoms with van der Waals surface area (Å²) >= 11 is 0. The Morgan fingerprint density at radius 2 is 1.15 bits per heavy atom. The molecule has 0 bridgehead atoms. The maximum Gasteiger partial charge on any atom is 0.234 e. The molecule has 0 aromatic rings. The van der Waals surface area contributed by atoms with Crippen LogP contribution in [0.25, 0.3) is 0 Å². The number of hydrogen-bond donors (Lipinski definition) is 5. The van der Waals surface area contributed by atoms with E-state index in [1.165, 1.54) is 135 Å². The van der Waals surface area contributed by atoms with Gasteiger partial charge in [0.15, 0.2) is 12.1 Å². The van der Waals surface area contributed by atoms with Crippen molar-refractivity contribution in [2.75, 3.05) is 72.9 Å². The Balaban J connectivity index is 1.65. The van der Waals surface area contributed by atoms with Gasteiger partial charge in [-0.05, 0) is 84.1 Å². The quantitative estimate of drug-likeness (QED) is 0.0289. The first-order valence-electron chi connectivity index (χ1n) is 28.2. The van der Waals surface area contributed by atoms with Gasteiger partial charge >= 0.3 is 0 Å². The molecular weight excluding hydrogens is 903 g/mol. The van der Waals surface area contributed by atoms with Crippen molar-refractivity contribution in [1.29, 1.82) is 0 Å². The summed E-state index contributed by atoms with van der Waals surface area (Å²) in [5.41, 5.74) is 0. The Kier molecular flexibility index (Phi) is 39.9. The van der Waals surface area contributed by atoms with Gasteiger partial charge in [0.05, 0.1) is 58.9 Å². The van der Waals surface area contributed by atoms with Crippen molar-refractivity contribution in [3.05, 3.63) is 48.6 Å². The van der Waals surface area contributed by atoms with Crippen LogP contribution >= 0.6 is 0 Å². The van der Waals surface area contributed by atoms with Crippen LogP contribution in [0.5, 0.6) is 0 Å². The van der Waals surface area contributed by atoms with Crippen LogP contribution in [0.15, 0.2) is 48.6 Å². The molecule has 14 heteroatoms. The van der Waals surface area contributed by atoms with Crippen molar-refractivity contribution in [2.45, 2.75) is 230 Å². The summed E-state index contributed by atoms with van der Waals surface area (Å²) in [7, 11) is 1.95. The molecule has 2 heterocycles. The van der Waals surface area contributed by atoms with Crippen molar-refractivity contribution < 1.29 is 53.3 Å². The SMILES string of the molecule is CCCCCC=CCC=CCCCCCCCCC1(CCCCCCCCC=CCC=CCCCCC)OC[C@H](CN(C)CC(=O)NCCOCCOCCO[C@@H]2OC(CO)[C@H](O)[C@H](O)C2NC(C)=O)O1. The van der Waals surface area contributed by atoms with Gasteiger partial charge in [0.1, 0.15) is 24.4 Å². The normalized spacial score (nSPS) is 22.9. The number of ether oxygens (including phenoxy) is 6. The number of amides is 2. The van der Waals surface area contributed by atoms with Crippen molar-refractivity contribution in [2.24, 2.45) is 0 Å². The largest absolute Gasteiger partial charge is 0.394 e. The number of nitrogens with one attached hydrogen (secondary N) is 2. The van der Waals surface area contributed by atoms with Crippen molar-refractivity contribution in [3.63, 3.8) is 0 Å². The topological polar surface area (TPSA) is 178 Å². The highest BCUT2D eigenvalue weighted by Gasteiger charge is 2.45. The highest BCUT2D eigenvalue weighted by atomic mass is 16.7. The lowest BCUT2D eigenvalue weighted by Crippen LogP contribution is -2.64. The third-order valence-electron chi connectivity index (χ3n) is 13.1. The molecule has 0 spiro atoms. The Hall–Kier alpha value is -2.50. The van der Waals surface area contributed by atoms with Crippen LogP contribution in [0.4, 0.5) is 0 Å². The van der Waals surface area contributed by atoms with Crippen LogP contribution in [-0.2, 0) is 38.0 Å². The zero-order chi connectivity index (χ0) is 51.5. The van der Waals surface area contributed by atoms with E-state index in [2.05, 4.69) is 73.1 Å². The maximum atomic E-state index is 12.8. The Morgan fingerprint density at radius 3 is 1.68 bits per heavy atom. The predicted molar refractivity (Wildman–Crippen MR) is 285 cm³/mol. The van der Waals surface area contributed by atoms with E-state index in [1.54, 1.807) is 0 Å². The maximum absolute atomic E-state index is 12.8. The minimum Gasteiger partial charge on any atom is -0.394 e. The average molecular weight is 1010 g/mol. The molecule has 0 radical (unpaired) electrons. The average Bonchev–Trinajstić information content (AvgIpc) is 3.75. The fourth-order valence-electron chi connectivity index (χ4n) is 8.99. The molecule has 0 aromatic carbocycles. The first-order chi connectivity index (χ1) is 34.6. The second kappa shape index (κ2) is 43.9. The lowest BCUT2D eigenvalue weighted by Gasteiger charge is -2.42. The van der Waals surface area contributed by atoms with Crippen LogP contribution in [0.3, 0.4) is 0 Å². The van der Waals surface area contributed by atoms with Gasteiger partial charge in [-0.15, -0.1) is 0 Å². The number of hydrogen-bond acceptors (Lipinski definition) is 12. The highest BCUT2D eigenvalue weighted by Crippen LogP contribution is 2.35. The predicted octanol–water partition coefficient (Wildman–Crippen LogP) is 9.55. The molecule has 2 aliphatic heterocycles. The van der Waals surface area contributed by atoms with E-state index in [-0.39, 0.29) is 38.4 Å². The molecule has 14 nitrogen and oxygen atoms in total. The molecule has 2 saturated heterocycles. The van der Waals surface area contributed by atoms with E-state index in [0.29, 0.717) is 32.9 Å². The van der Waals surface area contributed by atoms with E-state index < -0.39 is 48.9 Å². The number of rotatable bonds is 46. The van der Waals surface area contributed by atoms with Crippen molar-refractivity contribution >= 4 is 11.8 Å². The molecule has 2 amide bonds. The molecule has 0 aliphatic carbocycles. The van der Waals surface area contributed by atoms with E-state index in [9.17, 15) is 24.9 Å². The minimum absolute atomic E-state index is 0.0812. The van der Waals surface area contributed by atoms with Crippen LogP contribution in [-0.4, -0.2) is 147 Å². The summed E-state index contributed by atoms with van der Waals surface area (Å²) < 4.78 is 35.7. The van der Waals surface area contributed by atoms with E-state index >= 15 is 0 Å². The lowest BCUT2D eigenvalue weighted by atomic mass is 9.97. The van der Waals surface area contributed by atoms with E-state index in [4.69, 9.17) is 28.4 Å². The molecule has 71 heavy (non-hydrogen) atoms. The molecule has 2 unspecified atom stereocenters. The second-order valence-electron chi connectivity index (χ2n) is 19.7. The summed E-state index contributed by atoms with van der Waals surface area (Å²) in [4.78, 5) is 26.4. The number of aliphatic hydroxyl groups excluding tert-OH is 3. The molecule has 2 aliphatic rings. The Labute approximate surface area is 431 Å². The number of carbonyl (C=O) groups excluding carboxylic acids is 2. The lowest BCUT2D eigenvalue weighted by molar-refractivity contribution is -0.272. The number of carbonyl (C=O) groups is 2.